The first-order valence-corrected chi connectivity index (χ1v) is 9.10. The lowest BCUT2D eigenvalue weighted by Gasteiger charge is -2.14. The van der Waals surface area contributed by atoms with Gasteiger partial charge in [-0.1, -0.05) is 30.3 Å². The smallest absolute Gasteiger partial charge is 0.344 e. The monoisotopic (exact) mass is 393 g/mol. The van der Waals surface area contributed by atoms with Gasteiger partial charge in [0.2, 0.25) is 6.79 Å². The van der Waals surface area contributed by atoms with E-state index in [1.54, 1.807) is 24.3 Å². The summed E-state index contributed by atoms with van der Waals surface area (Å²) in [6.07, 6.45) is -0.979. The summed E-state index contributed by atoms with van der Waals surface area (Å²) in [5.74, 6) is 0.636. The van der Waals surface area contributed by atoms with Crippen LogP contribution in [0, 0.1) is 0 Å². The zero-order valence-electron chi connectivity index (χ0n) is 15.7. The van der Waals surface area contributed by atoms with Gasteiger partial charge in [-0.25, -0.2) is 4.79 Å². The van der Waals surface area contributed by atoms with Crippen molar-refractivity contribution in [3.63, 3.8) is 0 Å². The Morgan fingerprint density at radius 1 is 1.00 bits per heavy atom. The molecule has 0 spiro atoms. The number of carbonyl (C=O) groups is 2. The number of fused-ring (bicyclic) bond motifs is 2. The molecule has 0 aromatic heterocycles. The molecular formula is C22H19NO6. The van der Waals surface area contributed by atoms with Gasteiger partial charge in [0.05, 0.1) is 0 Å². The molecule has 1 aliphatic rings. The first-order valence-electron chi connectivity index (χ1n) is 9.10. The number of ether oxygens (including phenoxy) is 4. The van der Waals surface area contributed by atoms with Gasteiger partial charge in [0.1, 0.15) is 5.75 Å². The highest BCUT2D eigenvalue weighted by atomic mass is 16.7. The van der Waals surface area contributed by atoms with Crippen molar-refractivity contribution in [2.45, 2.75) is 13.0 Å². The Hall–Kier alpha value is -3.74. The third-order valence-electron chi connectivity index (χ3n) is 4.40. The summed E-state index contributed by atoms with van der Waals surface area (Å²) in [4.78, 5) is 24.3. The number of anilines is 1. The van der Waals surface area contributed by atoms with Crippen LogP contribution >= 0.6 is 0 Å². The molecule has 4 rings (SSSR count). The standard InChI is InChI=1S/C22H19NO6/c1-14(22(25)23-17-7-9-19-20(11-17)28-13-27-19)29-21(24)12-26-18-8-6-15-4-2-3-5-16(15)10-18/h2-11,14H,12-13H2,1H3,(H,23,25)/t14-/m0/s1. The summed E-state index contributed by atoms with van der Waals surface area (Å²) >= 11 is 0. The average molecular weight is 393 g/mol. The van der Waals surface area contributed by atoms with E-state index in [0.29, 0.717) is 22.9 Å². The van der Waals surface area contributed by atoms with Gasteiger partial charge in [-0.2, -0.15) is 0 Å². The van der Waals surface area contributed by atoms with Crippen LogP contribution in [0.2, 0.25) is 0 Å². The molecule has 7 heteroatoms. The molecule has 0 unspecified atom stereocenters. The first kappa shape index (κ1) is 18.6. The predicted molar refractivity (Wildman–Crippen MR) is 106 cm³/mol. The molecule has 0 saturated carbocycles. The van der Waals surface area contributed by atoms with Gasteiger partial charge < -0.3 is 24.3 Å². The van der Waals surface area contributed by atoms with Crippen LogP contribution in [-0.2, 0) is 14.3 Å². The molecule has 3 aromatic rings. The number of hydrogen-bond donors (Lipinski definition) is 1. The highest BCUT2D eigenvalue weighted by Gasteiger charge is 2.20. The molecule has 1 amide bonds. The van der Waals surface area contributed by atoms with Crippen LogP contribution in [0.5, 0.6) is 17.2 Å². The second-order valence-electron chi connectivity index (χ2n) is 6.49. The molecule has 1 N–H and O–H groups in total. The number of nitrogens with one attached hydrogen (secondary N) is 1. The zero-order valence-corrected chi connectivity index (χ0v) is 15.7. The summed E-state index contributed by atoms with van der Waals surface area (Å²) in [6, 6.07) is 18.4. The summed E-state index contributed by atoms with van der Waals surface area (Å²) in [5.41, 5.74) is 0.523. The van der Waals surface area contributed by atoms with Gasteiger partial charge in [0.25, 0.3) is 5.91 Å². The normalized spacial score (nSPS) is 13.0. The topological polar surface area (TPSA) is 83.1 Å². The molecule has 148 valence electrons. The fourth-order valence-electron chi connectivity index (χ4n) is 2.90. The number of carbonyl (C=O) groups excluding carboxylic acids is 2. The molecule has 1 aliphatic heterocycles. The SMILES string of the molecule is C[C@H](OC(=O)COc1ccc2ccccc2c1)C(=O)Nc1ccc2c(c1)OCO2. The maximum atomic E-state index is 12.3. The van der Waals surface area contributed by atoms with E-state index in [-0.39, 0.29) is 13.4 Å². The van der Waals surface area contributed by atoms with Crippen LogP contribution in [0.1, 0.15) is 6.92 Å². The number of hydrogen-bond acceptors (Lipinski definition) is 6. The second-order valence-corrected chi connectivity index (χ2v) is 6.49. The van der Waals surface area contributed by atoms with E-state index in [4.69, 9.17) is 18.9 Å². The Labute approximate surface area is 167 Å². The largest absolute Gasteiger partial charge is 0.482 e. The molecule has 0 saturated heterocycles. The van der Waals surface area contributed by atoms with E-state index >= 15 is 0 Å². The minimum atomic E-state index is -0.979. The van der Waals surface area contributed by atoms with Crippen LogP contribution in [0.25, 0.3) is 10.8 Å². The Morgan fingerprint density at radius 2 is 1.79 bits per heavy atom. The maximum absolute atomic E-state index is 12.3. The van der Waals surface area contributed by atoms with Crippen LogP contribution < -0.4 is 19.5 Å². The van der Waals surface area contributed by atoms with Crippen LogP contribution in [0.3, 0.4) is 0 Å². The number of amides is 1. The van der Waals surface area contributed by atoms with E-state index in [1.807, 2.05) is 36.4 Å². The van der Waals surface area contributed by atoms with Crippen molar-refractivity contribution in [2.24, 2.45) is 0 Å². The Morgan fingerprint density at radius 3 is 2.66 bits per heavy atom. The maximum Gasteiger partial charge on any atom is 0.344 e. The summed E-state index contributed by atoms with van der Waals surface area (Å²) in [7, 11) is 0. The van der Waals surface area contributed by atoms with Crippen molar-refractivity contribution >= 4 is 28.3 Å². The number of benzene rings is 3. The Balaban J connectivity index is 1.28. The molecule has 0 aliphatic carbocycles. The lowest BCUT2D eigenvalue weighted by molar-refractivity contribution is -0.155. The molecule has 29 heavy (non-hydrogen) atoms. The molecule has 0 bridgehead atoms. The van der Waals surface area contributed by atoms with Gasteiger partial charge in [0, 0.05) is 11.8 Å². The van der Waals surface area contributed by atoms with Gasteiger partial charge in [-0.05, 0) is 42.0 Å². The van der Waals surface area contributed by atoms with Crippen LogP contribution in [0.15, 0.2) is 60.7 Å². The minimum Gasteiger partial charge on any atom is -0.482 e. The Bertz CT molecular complexity index is 1060. The second kappa shape index (κ2) is 8.10. The van der Waals surface area contributed by atoms with E-state index in [0.717, 1.165) is 10.8 Å². The molecule has 3 aromatic carbocycles. The lowest BCUT2D eigenvalue weighted by Crippen LogP contribution is -2.31. The third kappa shape index (κ3) is 4.40. The van der Waals surface area contributed by atoms with Crippen molar-refractivity contribution in [1.29, 1.82) is 0 Å². The fraction of sp³-hybridized carbons (Fsp3) is 0.182. The summed E-state index contributed by atoms with van der Waals surface area (Å²) in [6.45, 7) is 1.36. The van der Waals surface area contributed by atoms with Crippen LogP contribution in [0.4, 0.5) is 5.69 Å². The van der Waals surface area contributed by atoms with E-state index in [2.05, 4.69) is 5.32 Å². The van der Waals surface area contributed by atoms with E-state index < -0.39 is 18.0 Å². The van der Waals surface area contributed by atoms with Gasteiger partial charge in [0.15, 0.2) is 24.2 Å². The van der Waals surface area contributed by atoms with Crippen molar-refractivity contribution in [2.75, 3.05) is 18.7 Å². The van der Waals surface area contributed by atoms with Crippen molar-refractivity contribution < 1.29 is 28.5 Å². The van der Waals surface area contributed by atoms with Crippen LogP contribution in [-0.4, -0.2) is 31.4 Å². The lowest BCUT2D eigenvalue weighted by atomic mass is 10.1. The van der Waals surface area contributed by atoms with Gasteiger partial charge >= 0.3 is 5.97 Å². The fourth-order valence-corrected chi connectivity index (χ4v) is 2.90. The highest BCUT2D eigenvalue weighted by Crippen LogP contribution is 2.34. The Kier molecular flexibility index (Phi) is 5.20. The summed E-state index contributed by atoms with van der Waals surface area (Å²) < 4.78 is 21.1. The predicted octanol–water partition coefficient (Wildman–Crippen LogP) is 3.52. The zero-order chi connectivity index (χ0) is 20.2. The number of esters is 1. The first-order chi connectivity index (χ1) is 14.1. The molecule has 7 nitrogen and oxygen atoms in total. The molecule has 1 heterocycles. The minimum absolute atomic E-state index is 0.151. The quantitative estimate of drug-likeness (QED) is 0.645. The molecular weight excluding hydrogens is 374 g/mol. The van der Waals surface area contributed by atoms with Crippen molar-refractivity contribution in [3.05, 3.63) is 60.7 Å². The molecule has 1 atom stereocenters. The highest BCUT2D eigenvalue weighted by molar-refractivity contribution is 5.95. The average Bonchev–Trinajstić information content (AvgIpc) is 3.20. The number of rotatable bonds is 6. The molecule has 0 radical (unpaired) electrons. The summed E-state index contributed by atoms with van der Waals surface area (Å²) in [5, 5.41) is 4.77. The van der Waals surface area contributed by atoms with E-state index in [1.165, 1.54) is 6.92 Å². The van der Waals surface area contributed by atoms with Crippen molar-refractivity contribution in [3.8, 4) is 17.2 Å². The van der Waals surface area contributed by atoms with Crippen molar-refractivity contribution in [1.82, 2.24) is 0 Å². The van der Waals surface area contributed by atoms with Gasteiger partial charge in [-0.3, -0.25) is 4.79 Å². The third-order valence-corrected chi connectivity index (χ3v) is 4.40. The van der Waals surface area contributed by atoms with Gasteiger partial charge in [-0.15, -0.1) is 0 Å². The molecule has 0 fully saturated rings. The van der Waals surface area contributed by atoms with E-state index in [9.17, 15) is 9.59 Å².